The highest BCUT2D eigenvalue weighted by Crippen LogP contribution is 2.33. The van der Waals surface area contributed by atoms with Gasteiger partial charge in [0.2, 0.25) is 5.95 Å². The van der Waals surface area contributed by atoms with E-state index in [1.807, 2.05) is 0 Å². The Morgan fingerprint density at radius 3 is 2.50 bits per heavy atom. The van der Waals surface area contributed by atoms with Crippen LogP contribution in [0.1, 0.15) is 22.5 Å². The molecule has 0 saturated heterocycles. The number of amides is 1. The van der Waals surface area contributed by atoms with E-state index in [0.717, 1.165) is 12.1 Å². The molecule has 0 aliphatic carbocycles. The number of pyridine rings is 2. The molecular weight excluding hydrogens is 534 g/mol. The topological polar surface area (TPSA) is 105 Å². The van der Waals surface area contributed by atoms with Gasteiger partial charge in [-0.15, -0.1) is 0 Å². The van der Waals surface area contributed by atoms with Crippen LogP contribution in [-0.4, -0.2) is 38.6 Å². The van der Waals surface area contributed by atoms with Crippen molar-refractivity contribution in [2.45, 2.75) is 12.6 Å². The van der Waals surface area contributed by atoms with Crippen LogP contribution in [0.3, 0.4) is 0 Å². The third kappa shape index (κ3) is 5.91. The molecule has 1 aromatic carbocycles. The standard InChI is InChI=1S/C21H13Cl2F5N6O2/c22-10-6-29-7-11(23)17(10)34-20-31-13-4-9(15(5-14(13)32-20)36-8-21(26,27)28)19(35)33-16-3-1-2-12(30-16)18(24)25/h1-7,18H,8H2,(H,30,33,35)(H2,29,31,32,34). The number of H-pyrrole nitrogens is 1. The number of alkyl halides is 5. The van der Waals surface area contributed by atoms with Gasteiger partial charge in [0.1, 0.15) is 17.3 Å². The number of imidazole rings is 1. The number of carbonyl (C=O) groups is 1. The second kappa shape index (κ2) is 10.1. The molecule has 0 atom stereocenters. The first-order chi connectivity index (χ1) is 17.0. The molecule has 0 radical (unpaired) electrons. The van der Waals surface area contributed by atoms with Crippen molar-refractivity contribution in [1.29, 1.82) is 0 Å². The van der Waals surface area contributed by atoms with E-state index in [1.54, 1.807) is 0 Å². The van der Waals surface area contributed by atoms with Crippen LogP contribution < -0.4 is 15.4 Å². The quantitative estimate of drug-likeness (QED) is 0.227. The average molecular weight is 547 g/mol. The molecule has 15 heteroatoms. The van der Waals surface area contributed by atoms with Crippen molar-refractivity contribution in [3.63, 3.8) is 0 Å². The van der Waals surface area contributed by atoms with Gasteiger partial charge in [-0.3, -0.25) is 9.78 Å². The first-order valence-corrected chi connectivity index (χ1v) is 10.6. The Labute approximate surface area is 208 Å². The van der Waals surface area contributed by atoms with Crippen LogP contribution in [0.2, 0.25) is 10.0 Å². The zero-order valence-electron chi connectivity index (χ0n) is 17.6. The van der Waals surface area contributed by atoms with Crippen LogP contribution in [-0.2, 0) is 0 Å². The summed E-state index contributed by atoms with van der Waals surface area (Å²) in [5, 5.41) is 5.47. The Morgan fingerprint density at radius 2 is 1.83 bits per heavy atom. The van der Waals surface area contributed by atoms with E-state index in [1.165, 1.54) is 30.6 Å². The molecule has 0 fully saturated rings. The molecular formula is C21H13Cl2F5N6O2. The van der Waals surface area contributed by atoms with Gasteiger partial charge in [0.15, 0.2) is 6.61 Å². The summed E-state index contributed by atoms with van der Waals surface area (Å²) in [5.41, 5.74) is -0.271. The van der Waals surface area contributed by atoms with Gasteiger partial charge in [0, 0.05) is 18.5 Å². The van der Waals surface area contributed by atoms with Crippen LogP contribution in [0.4, 0.5) is 39.4 Å². The van der Waals surface area contributed by atoms with E-state index in [2.05, 4.69) is 30.6 Å². The molecule has 3 N–H and O–H groups in total. The van der Waals surface area contributed by atoms with Gasteiger partial charge >= 0.3 is 6.18 Å². The molecule has 0 bridgehead atoms. The van der Waals surface area contributed by atoms with Crippen LogP contribution >= 0.6 is 23.2 Å². The number of rotatable bonds is 7. The second-order valence-electron chi connectivity index (χ2n) is 7.16. The zero-order valence-corrected chi connectivity index (χ0v) is 19.1. The number of hydrogen-bond donors (Lipinski definition) is 3. The Bertz CT molecular complexity index is 1410. The van der Waals surface area contributed by atoms with Gasteiger partial charge in [-0.05, 0) is 18.2 Å². The number of nitrogens with zero attached hydrogens (tertiary/aromatic N) is 3. The van der Waals surface area contributed by atoms with Gasteiger partial charge in [0.25, 0.3) is 12.3 Å². The van der Waals surface area contributed by atoms with Crippen LogP contribution in [0, 0.1) is 0 Å². The SMILES string of the molecule is O=C(Nc1cccc(C(F)F)n1)c1cc2[nH]c(Nc3c(Cl)cncc3Cl)nc2cc1OCC(F)(F)F. The highest BCUT2D eigenvalue weighted by molar-refractivity contribution is 6.39. The fraction of sp³-hybridized carbons (Fsp3) is 0.143. The third-order valence-electron chi connectivity index (χ3n) is 4.55. The van der Waals surface area contributed by atoms with Gasteiger partial charge in [0.05, 0.1) is 32.3 Å². The lowest BCUT2D eigenvalue weighted by Gasteiger charge is -2.13. The Hall–Kier alpha value is -3.71. The van der Waals surface area contributed by atoms with Gasteiger partial charge in [-0.1, -0.05) is 29.3 Å². The molecule has 1 amide bonds. The number of carbonyl (C=O) groups excluding carboxylic acids is 1. The molecule has 0 unspecified atom stereocenters. The number of nitrogens with one attached hydrogen (secondary N) is 3. The van der Waals surface area contributed by atoms with Crippen LogP contribution in [0.25, 0.3) is 11.0 Å². The van der Waals surface area contributed by atoms with Crippen molar-refractivity contribution >= 4 is 57.6 Å². The molecule has 3 aromatic heterocycles. The number of benzene rings is 1. The van der Waals surface area contributed by atoms with Gasteiger partial charge < -0.3 is 20.4 Å². The molecule has 4 rings (SSSR count). The number of hydrogen-bond acceptors (Lipinski definition) is 6. The lowest BCUT2D eigenvalue weighted by molar-refractivity contribution is -0.153. The molecule has 0 aliphatic heterocycles. The highest BCUT2D eigenvalue weighted by atomic mass is 35.5. The van der Waals surface area contributed by atoms with Crippen molar-refractivity contribution in [1.82, 2.24) is 19.9 Å². The number of fused-ring (bicyclic) bond motifs is 1. The maximum Gasteiger partial charge on any atom is 0.422 e. The monoisotopic (exact) mass is 546 g/mol. The average Bonchev–Trinajstić information content (AvgIpc) is 3.20. The largest absolute Gasteiger partial charge is 0.483 e. The maximum atomic E-state index is 12.9. The molecule has 36 heavy (non-hydrogen) atoms. The third-order valence-corrected chi connectivity index (χ3v) is 5.12. The second-order valence-corrected chi connectivity index (χ2v) is 7.97. The predicted octanol–water partition coefficient (Wildman–Crippen LogP) is 6.53. The van der Waals surface area contributed by atoms with Crippen molar-refractivity contribution in [3.8, 4) is 5.75 Å². The summed E-state index contributed by atoms with van der Waals surface area (Å²) in [6.45, 7) is -1.68. The lowest BCUT2D eigenvalue weighted by atomic mass is 10.1. The number of halogens is 7. The van der Waals surface area contributed by atoms with Crippen molar-refractivity contribution in [3.05, 3.63) is 64.0 Å². The fourth-order valence-corrected chi connectivity index (χ4v) is 3.49. The minimum absolute atomic E-state index is 0.102. The molecule has 8 nitrogen and oxygen atoms in total. The zero-order chi connectivity index (χ0) is 26.0. The van der Waals surface area contributed by atoms with Crippen LogP contribution in [0.15, 0.2) is 42.7 Å². The molecule has 0 aliphatic rings. The van der Waals surface area contributed by atoms with Crippen molar-refractivity contribution in [2.75, 3.05) is 17.2 Å². The van der Waals surface area contributed by atoms with E-state index in [0.29, 0.717) is 0 Å². The van der Waals surface area contributed by atoms with Crippen LogP contribution in [0.5, 0.6) is 5.75 Å². The summed E-state index contributed by atoms with van der Waals surface area (Å²) in [4.78, 5) is 27.4. The maximum absolute atomic E-state index is 12.9. The Kier molecular flexibility index (Phi) is 7.13. The van der Waals surface area contributed by atoms with E-state index in [-0.39, 0.29) is 44.1 Å². The van der Waals surface area contributed by atoms with Gasteiger partial charge in [-0.2, -0.15) is 13.2 Å². The molecule has 188 valence electrons. The van der Waals surface area contributed by atoms with Crippen molar-refractivity contribution in [2.24, 2.45) is 0 Å². The minimum atomic E-state index is -4.69. The first kappa shape index (κ1) is 25.4. The van der Waals surface area contributed by atoms with E-state index < -0.39 is 36.6 Å². The van der Waals surface area contributed by atoms with E-state index in [4.69, 9.17) is 27.9 Å². The van der Waals surface area contributed by atoms with Gasteiger partial charge in [-0.25, -0.2) is 18.7 Å². The number of aromatic nitrogens is 4. The minimum Gasteiger partial charge on any atom is -0.483 e. The fourth-order valence-electron chi connectivity index (χ4n) is 3.03. The summed E-state index contributed by atoms with van der Waals surface area (Å²) in [7, 11) is 0. The van der Waals surface area contributed by atoms with E-state index >= 15 is 0 Å². The van der Waals surface area contributed by atoms with Crippen molar-refractivity contribution < 1.29 is 31.5 Å². The molecule has 4 aromatic rings. The summed E-state index contributed by atoms with van der Waals surface area (Å²) < 4.78 is 69.1. The normalized spacial score (nSPS) is 11.7. The lowest BCUT2D eigenvalue weighted by Crippen LogP contribution is -2.21. The van der Waals surface area contributed by atoms with E-state index in [9.17, 15) is 26.7 Å². The number of anilines is 3. The first-order valence-electron chi connectivity index (χ1n) is 9.86. The Balaban J connectivity index is 1.69. The highest BCUT2D eigenvalue weighted by Gasteiger charge is 2.30. The summed E-state index contributed by atoms with van der Waals surface area (Å²) in [6.07, 6.45) is -4.91. The number of aromatic amines is 1. The summed E-state index contributed by atoms with van der Waals surface area (Å²) in [6, 6.07) is 5.87. The molecule has 0 spiro atoms. The number of ether oxygens (including phenoxy) is 1. The molecule has 0 saturated carbocycles. The summed E-state index contributed by atoms with van der Waals surface area (Å²) >= 11 is 12.2. The smallest absolute Gasteiger partial charge is 0.422 e. The summed E-state index contributed by atoms with van der Waals surface area (Å²) in [5.74, 6) is -1.52. The molecule has 3 heterocycles. The Morgan fingerprint density at radius 1 is 1.11 bits per heavy atom. The predicted molar refractivity (Wildman–Crippen MR) is 122 cm³/mol.